The van der Waals surface area contributed by atoms with Gasteiger partial charge in [-0.1, -0.05) is 126 Å². The standard InChI is InChI=1S/C43H52O3/c1-7-8-25-46-43(6)27-35-20-22-37(41(39(35)43)45-29-33-17-13-10-14-18-33)31(4)23-24-42(5)26-34-19-21-36(30(2)3)40(38(34)42)44-28-32-15-11-9-12-16-32/h9-22,30-31H,7-8,23-29H2,1-6H3. The molecule has 3 nitrogen and oxygen atoms in total. The van der Waals surface area contributed by atoms with Crippen molar-refractivity contribution in [2.24, 2.45) is 0 Å². The summed E-state index contributed by atoms with van der Waals surface area (Å²) in [5.41, 5.74) is 10.3. The SMILES string of the molecule is CCCCOC1(C)Cc2ccc(C(C)CCC3(C)Cc4ccc(C(C)C)c(OCc5ccccc5)c43)c(OCc3ccccc3)c21. The Labute approximate surface area is 277 Å². The molecule has 0 amide bonds. The summed E-state index contributed by atoms with van der Waals surface area (Å²) in [6.07, 6.45) is 6.44. The first-order chi connectivity index (χ1) is 22.2. The molecule has 0 fully saturated rings. The van der Waals surface area contributed by atoms with E-state index in [9.17, 15) is 0 Å². The van der Waals surface area contributed by atoms with E-state index in [0.29, 0.717) is 25.0 Å². The smallest absolute Gasteiger partial charge is 0.129 e. The Morgan fingerprint density at radius 2 is 1.24 bits per heavy atom. The van der Waals surface area contributed by atoms with E-state index in [0.717, 1.165) is 56.6 Å². The summed E-state index contributed by atoms with van der Waals surface area (Å²) in [7, 11) is 0. The summed E-state index contributed by atoms with van der Waals surface area (Å²) in [4.78, 5) is 0. The number of rotatable bonds is 15. The molecule has 2 aliphatic rings. The molecule has 0 saturated carbocycles. The van der Waals surface area contributed by atoms with Crippen LogP contribution in [0.15, 0.2) is 84.9 Å². The molecule has 0 aliphatic heterocycles. The third-order valence-electron chi connectivity index (χ3n) is 10.4. The lowest BCUT2D eigenvalue weighted by atomic mass is 9.61. The summed E-state index contributed by atoms with van der Waals surface area (Å²) in [6.45, 7) is 15.8. The monoisotopic (exact) mass is 616 g/mol. The maximum absolute atomic E-state index is 6.77. The Morgan fingerprint density at radius 1 is 0.674 bits per heavy atom. The van der Waals surface area contributed by atoms with E-state index >= 15 is 0 Å². The van der Waals surface area contributed by atoms with Crippen molar-refractivity contribution in [2.75, 3.05) is 6.61 Å². The predicted molar refractivity (Wildman–Crippen MR) is 189 cm³/mol. The maximum atomic E-state index is 6.77. The fraction of sp³-hybridized carbons (Fsp3) is 0.442. The molecule has 3 atom stereocenters. The minimum absolute atomic E-state index is 0.0865. The largest absolute Gasteiger partial charge is 0.488 e. The van der Waals surface area contributed by atoms with Crippen molar-refractivity contribution in [3.63, 3.8) is 0 Å². The van der Waals surface area contributed by atoms with Gasteiger partial charge in [-0.15, -0.1) is 0 Å². The molecule has 0 bridgehead atoms. The van der Waals surface area contributed by atoms with Crippen LogP contribution in [0, 0.1) is 0 Å². The van der Waals surface area contributed by atoms with Gasteiger partial charge in [0.2, 0.25) is 0 Å². The molecule has 0 spiro atoms. The van der Waals surface area contributed by atoms with Gasteiger partial charge in [0.15, 0.2) is 0 Å². The molecular formula is C43H52O3. The molecule has 46 heavy (non-hydrogen) atoms. The summed E-state index contributed by atoms with van der Waals surface area (Å²) in [5, 5.41) is 0. The zero-order valence-electron chi connectivity index (χ0n) is 28.8. The van der Waals surface area contributed by atoms with Crippen molar-refractivity contribution >= 4 is 0 Å². The Balaban J connectivity index is 1.25. The lowest BCUT2D eigenvalue weighted by molar-refractivity contribution is -0.0572. The van der Waals surface area contributed by atoms with Crippen LogP contribution in [0.1, 0.15) is 124 Å². The van der Waals surface area contributed by atoms with Crippen molar-refractivity contribution < 1.29 is 14.2 Å². The summed E-state index contributed by atoms with van der Waals surface area (Å²) in [5.74, 6) is 2.91. The molecule has 0 radical (unpaired) electrons. The van der Waals surface area contributed by atoms with Gasteiger partial charge in [0.1, 0.15) is 24.7 Å². The van der Waals surface area contributed by atoms with Gasteiger partial charge in [-0.3, -0.25) is 0 Å². The molecule has 4 aromatic carbocycles. The van der Waals surface area contributed by atoms with E-state index in [2.05, 4.69) is 126 Å². The molecule has 242 valence electrons. The van der Waals surface area contributed by atoms with Crippen LogP contribution in [0.4, 0.5) is 0 Å². The quantitative estimate of drug-likeness (QED) is 0.124. The highest BCUT2D eigenvalue weighted by atomic mass is 16.5. The predicted octanol–water partition coefficient (Wildman–Crippen LogP) is 11.0. The zero-order valence-corrected chi connectivity index (χ0v) is 28.8. The van der Waals surface area contributed by atoms with Crippen LogP contribution < -0.4 is 9.47 Å². The number of hydrogen-bond acceptors (Lipinski definition) is 3. The van der Waals surface area contributed by atoms with Crippen molar-refractivity contribution in [3.8, 4) is 11.5 Å². The van der Waals surface area contributed by atoms with Gasteiger partial charge in [0, 0.05) is 29.6 Å². The first-order valence-electron chi connectivity index (χ1n) is 17.5. The van der Waals surface area contributed by atoms with Gasteiger partial charge < -0.3 is 14.2 Å². The lowest BCUT2D eigenvalue weighted by Gasteiger charge is -2.45. The van der Waals surface area contributed by atoms with Gasteiger partial charge in [-0.25, -0.2) is 0 Å². The maximum Gasteiger partial charge on any atom is 0.129 e. The number of unbranched alkanes of at least 4 members (excludes halogenated alkanes) is 1. The fourth-order valence-electron chi connectivity index (χ4n) is 7.64. The molecule has 2 aliphatic carbocycles. The second kappa shape index (κ2) is 13.7. The number of ether oxygens (including phenoxy) is 3. The van der Waals surface area contributed by atoms with Crippen LogP contribution in [0.25, 0.3) is 0 Å². The number of fused-ring (bicyclic) bond motifs is 2. The Hall–Kier alpha value is -3.56. The summed E-state index contributed by atoms with van der Waals surface area (Å²) < 4.78 is 20.0. The van der Waals surface area contributed by atoms with E-state index in [4.69, 9.17) is 14.2 Å². The molecule has 3 heteroatoms. The van der Waals surface area contributed by atoms with E-state index in [1.807, 2.05) is 0 Å². The number of benzene rings is 4. The molecule has 3 unspecified atom stereocenters. The molecule has 0 heterocycles. The number of hydrogen-bond donors (Lipinski definition) is 0. The average Bonchev–Trinajstić information content (AvgIpc) is 3.05. The second-order valence-electron chi connectivity index (χ2n) is 14.5. The normalized spacial score (nSPS) is 20.3. The highest BCUT2D eigenvalue weighted by molar-refractivity contribution is 5.59. The molecule has 6 rings (SSSR count). The lowest BCUT2D eigenvalue weighted by Crippen LogP contribution is -2.40. The van der Waals surface area contributed by atoms with Crippen LogP contribution in [0.5, 0.6) is 11.5 Å². The molecule has 0 saturated heterocycles. The average molecular weight is 617 g/mol. The highest BCUT2D eigenvalue weighted by Crippen LogP contribution is 2.54. The van der Waals surface area contributed by atoms with Crippen LogP contribution in [0.3, 0.4) is 0 Å². The Kier molecular flexibility index (Phi) is 9.62. The van der Waals surface area contributed by atoms with Crippen LogP contribution in [-0.2, 0) is 41.8 Å². The third-order valence-corrected chi connectivity index (χ3v) is 10.4. The van der Waals surface area contributed by atoms with Crippen molar-refractivity contribution in [2.45, 2.75) is 116 Å². The van der Waals surface area contributed by atoms with Crippen LogP contribution in [0.2, 0.25) is 0 Å². The topological polar surface area (TPSA) is 27.7 Å². The van der Waals surface area contributed by atoms with Gasteiger partial charge in [-0.2, -0.15) is 0 Å². The van der Waals surface area contributed by atoms with Crippen molar-refractivity contribution in [3.05, 3.63) is 129 Å². The van der Waals surface area contributed by atoms with Crippen molar-refractivity contribution in [1.82, 2.24) is 0 Å². The van der Waals surface area contributed by atoms with Crippen LogP contribution >= 0.6 is 0 Å². The molecular weight excluding hydrogens is 564 g/mol. The Morgan fingerprint density at radius 3 is 1.83 bits per heavy atom. The highest BCUT2D eigenvalue weighted by Gasteiger charge is 2.45. The first-order valence-corrected chi connectivity index (χ1v) is 17.5. The van der Waals surface area contributed by atoms with Crippen LogP contribution in [-0.4, -0.2) is 6.61 Å². The minimum Gasteiger partial charge on any atom is -0.488 e. The van der Waals surface area contributed by atoms with E-state index in [1.54, 1.807) is 0 Å². The zero-order chi connectivity index (χ0) is 32.3. The van der Waals surface area contributed by atoms with Gasteiger partial charge in [0.05, 0.1) is 5.60 Å². The summed E-state index contributed by atoms with van der Waals surface area (Å²) >= 11 is 0. The Bertz CT molecular complexity index is 1630. The second-order valence-corrected chi connectivity index (χ2v) is 14.5. The first kappa shape index (κ1) is 32.4. The van der Waals surface area contributed by atoms with Crippen molar-refractivity contribution in [1.29, 1.82) is 0 Å². The van der Waals surface area contributed by atoms with Gasteiger partial charge >= 0.3 is 0 Å². The molecule has 4 aromatic rings. The van der Waals surface area contributed by atoms with E-state index in [1.165, 1.54) is 44.5 Å². The van der Waals surface area contributed by atoms with Gasteiger partial charge in [-0.05, 0) is 77.8 Å². The third kappa shape index (κ3) is 6.49. The van der Waals surface area contributed by atoms with E-state index < -0.39 is 0 Å². The molecule has 0 aromatic heterocycles. The summed E-state index contributed by atoms with van der Waals surface area (Å²) in [6, 6.07) is 30.4. The van der Waals surface area contributed by atoms with Gasteiger partial charge in [0.25, 0.3) is 0 Å². The van der Waals surface area contributed by atoms with E-state index in [-0.39, 0.29) is 11.0 Å². The molecule has 0 N–H and O–H groups in total. The fourth-order valence-corrected chi connectivity index (χ4v) is 7.64. The minimum atomic E-state index is -0.288.